The summed E-state index contributed by atoms with van der Waals surface area (Å²) in [6, 6.07) is 8.57. The Morgan fingerprint density at radius 3 is 2.32 bits per heavy atom. The summed E-state index contributed by atoms with van der Waals surface area (Å²) in [5.74, 6) is 0.756. The number of hydrogen-bond donors (Lipinski definition) is 0. The van der Waals surface area contributed by atoms with Crippen LogP contribution in [0.2, 0.25) is 0 Å². The molecule has 0 radical (unpaired) electrons. The van der Waals surface area contributed by atoms with E-state index in [1.807, 2.05) is 4.90 Å². The molecule has 0 aliphatic carbocycles. The molecule has 1 heterocycles. The predicted octanol–water partition coefficient (Wildman–Crippen LogP) is 3.71. The maximum Gasteiger partial charge on any atom is 0.232 e. The lowest BCUT2D eigenvalue weighted by Crippen LogP contribution is -2.41. The Morgan fingerprint density at radius 1 is 1.23 bits per heavy atom. The van der Waals surface area contributed by atoms with Gasteiger partial charge in [-0.3, -0.25) is 4.79 Å². The summed E-state index contributed by atoms with van der Waals surface area (Å²) in [6.07, 6.45) is 2.22. The molecule has 0 bridgehead atoms. The van der Waals surface area contributed by atoms with Crippen molar-refractivity contribution in [1.29, 1.82) is 0 Å². The van der Waals surface area contributed by atoms with Gasteiger partial charge in [-0.2, -0.15) is 0 Å². The van der Waals surface area contributed by atoms with E-state index >= 15 is 0 Å². The van der Waals surface area contributed by atoms with Crippen molar-refractivity contribution < 1.29 is 9.53 Å². The van der Waals surface area contributed by atoms with Gasteiger partial charge >= 0.3 is 0 Å². The molecule has 4 heteroatoms. The van der Waals surface area contributed by atoms with Crippen molar-refractivity contribution in [1.82, 2.24) is 4.90 Å². The summed E-state index contributed by atoms with van der Waals surface area (Å²) in [5.41, 5.74) is 1.50. The Balaban J connectivity index is 1.81. The number of methoxy groups -OCH3 is 1. The van der Waals surface area contributed by atoms with Gasteiger partial charge in [-0.15, -0.1) is 11.8 Å². The second-order valence-corrected chi connectivity index (χ2v) is 7.93. The van der Waals surface area contributed by atoms with Crippen LogP contribution in [0.15, 0.2) is 29.2 Å². The van der Waals surface area contributed by atoms with E-state index in [-0.39, 0.29) is 11.3 Å². The number of nitrogens with zero attached hydrogens (tertiary/aromatic N) is 1. The molecule has 0 spiro atoms. The minimum atomic E-state index is 0.171. The topological polar surface area (TPSA) is 29.5 Å². The van der Waals surface area contributed by atoms with E-state index in [9.17, 15) is 4.79 Å². The van der Waals surface area contributed by atoms with E-state index in [1.54, 1.807) is 18.9 Å². The summed E-state index contributed by atoms with van der Waals surface area (Å²) in [6.45, 7) is 8.27. The molecule has 1 fully saturated rings. The van der Waals surface area contributed by atoms with Crippen molar-refractivity contribution in [2.45, 2.75) is 50.0 Å². The number of hydrogen-bond acceptors (Lipinski definition) is 3. The Kier molecular flexibility index (Phi) is 5.93. The molecule has 1 saturated heterocycles. The summed E-state index contributed by atoms with van der Waals surface area (Å²) in [4.78, 5) is 15.4. The van der Waals surface area contributed by atoms with Crippen LogP contribution in [0.5, 0.6) is 0 Å². The fraction of sp³-hybridized carbons (Fsp3) is 0.611. The minimum absolute atomic E-state index is 0.171. The predicted molar refractivity (Wildman–Crippen MR) is 92.5 cm³/mol. The molecule has 1 aliphatic heterocycles. The quantitative estimate of drug-likeness (QED) is 0.792. The summed E-state index contributed by atoms with van der Waals surface area (Å²) < 4.78 is 5.34. The maximum atomic E-state index is 12.3. The van der Waals surface area contributed by atoms with Gasteiger partial charge in [0.2, 0.25) is 5.91 Å². The molecule has 1 aliphatic rings. The standard InChI is InChI=1S/C18H27NO2S/c1-18(2,3)14-5-7-16(8-6-14)22-13-17(20)19-11-9-15(21-4)10-12-19/h5-8,15H,9-13H2,1-4H3. The van der Waals surface area contributed by atoms with Gasteiger partial charge in [0.15, 0.2) is 0 Å². The molecule has 3 nitrogen and oxygen atoms in total. The van der Waals surface area contributed by atoms with Crippen LogP contribution in [0, 0.1) is 0 Å². The second-order valence-electron chi connectivity index (χ2n) is 6.88. The van der Waals surface area contributed by atoms with Gasteiger partial charge in [-0.05, 0) is 36.0 Å². The lowest BCUT2D eigenvalue weighted by molar-refractivity contribution is -0.130. The molecule has 2 rings (SSSR count). The van der Waals surface area contributed by atoms with Crippen LogP contribution < -0.4 is 0 Å². The molecule has 0 aromatic heterocycles. The Labute approximate surface area is 138 Å². The number of carbonyl (C=O) groups excluding carboxylic acids is 1. The van der Waals surface area contributed by atoms with E-state index in [0.29, 0.717) is 11.9 Å². The maximum absolute atomic E-state index is 12.3. The average molecular weight is 321 g/mol. The van der Waals surface area contributed by atoms with Crippen LogP contribution in [0.1, 0.15) is 39.2 Å². The summed E-state index contributed by atoms with van der Waals surface area (Å²) in [5, 5.41) is 0. The highest BCUT2D eigenvalue weighted by Crippen LogP contribution is 2.26. The molecular formula is C18H27NO2S. The normalized spacial score (nSPS) is 16.8. The highest BCUT2D eigenvalue weighted by atomic mass is 32.2. The minimum Gasteiger partial charge on any atom is -0.381 e. The molecule has 22 heavy (non-hydrogen) atoms. The molecule has 0 saturated carbocycles. The van der Waals surface area contributed by atoms with Gasteiger partial charge in [0.25, 0.3) is 0 Å². The highest BCUT2D eigenvalue weighted by Gasteiger charge is 2.22. The Morgan fingerprint density at radius 2 is 1.82 bits per heavy atom. The van der Waals surface area contributed by atoms with Crippen molar-refractivity contribution in [2.75, 3.05) is 26.0 Å². The first kappa shape index (κ1) is 17.4. The van der Waals surface area contributed by atoms with Gasteiger partial charge in [-0.1, -0.05) is 32.9 Å². The lowest BCUT2D eigenvalue weighted by Gasteiger charge is -2.31. The van der Waals surface area contributed by atoms with Crippen LogP contribution in [0.25, 0.3) is 0 Å². The van der Waals surface area contributed by atoms with Crippen LogP contribution in [-0.4, -0.2) is 42.9 Å². The van der Waals surface area contributed by atoms with Crippen molar-refractivity contribution in [3.8, 4) is 0 Å². The molecule has 0 unspecified atom stereocenters. The summed E-state index contributed by atoms with van der Waals surface area (Å²) in [7, 11) is 1.75. The van der Waals surface area contributed by atoms with Crippen LogP contribution >= 0.6 is 11.8 Å². The number of ether oxygens (including phenoxy) is 1. The molecular weight excluding hydrogens is 294 g/mol. The van der Waals surface area contributed by atoms with E-state index < -0.39 is 0 Å². The van der Waals surface area contributed by atoms with E-state index in [4.69, 9.17) is 4.74 Å². The molecule has 122 valence electrons. The third kappa shape index (κ3) is 4.75. The van der Waals surface area contributed by atoms with Gasteiger partial charge in [0, 0.05) is 25.1 Å². The smallest absolute Gasteiger partial charge is 0.232 e. The number of likely N-dealkylation sites (tertiary alicyclic amines) is 1. The first-order valence-electron chi connectivity index (χ1n) is 7.94. The molecule has 0 atom stereocenters. The average Bonchev–Trinajstić information content (AvgIpc) is 2.52. The molecule has 1 amide bonds. The molecule has 1 aromatic carbocycles. The van der Waals surface area contributed by atoms with Gasteiger partial charge in [0.1, 0.15) is 0 Å². The third-order valence-corrected chi connectivity index (χ3v) is 5.21. The van der Waals surface area contributed by atoms with Crippen LogP contribution in [0.4, 0.5) is 0 Å². The zero-order valence-corrected chi connectivity index (χ0v) is 14.9. The first-order valence-corrected chi connectivity index (χ1v) is 8.92. The van der Waals surface area contributed by atoms with Crippen molar-refractivity contribution >= 4 is 17.7 Å². The monoisotopic (exact) mass is 321 g/mol. The van der Waals surface area contributed by atoms with Crippen LogP contribution in [-0.2, 0) is 14.9 Å². The fourth-order valence-electron chi connectivity index (χ4n) is 2.63. The number of thioether (sulfide) groups is 1. The van der Waals surface area contributed by atoms with Gasteiger partial charge in [0.05, 0.1) is 11.9 Å². The Bertz CT molecular complexity index is 485. The lowest BCUT2D eigenvalue weighted by atomic mass is 9.87. The van der Waals surface area contributed by atoms with E-state index in [2.05, 4.69) is 45.0 Å². The highest BCUT2D eigenvalue weighted by molar-refractivity contribution is 8.00. The summed E-state index contributed by atoms with van der Waals surface area (Å²) >= 11 is 1.63. The number of amides is 1. The van der Waals surface area contributed by atoms with Gasteiger partial charge in [-0.25, -0.2) is 0 Å². The largest absolute Gasteiger partial charge is 0.381 e. The Hall–Kier alpha value is -1.00. The van der Waals surface area contributed by atoms with Crippen molar-refractivity contribution in [2.24, 2.45) is 0 Å². The number of rotatable bonds is 4. The fourth-order valence-corrected chi connectivity index (χ4v) is 3.43. The number of benzene rings is 1. The number of piperidine rings is 1. The van der Waals surface area contributed by atoms with Crippen molar-refractivity contribution in [3.05, 3.63) is 29.8 Å². The van der Waals surface area contributed by atoms with Gasteiger partial charge < -0.3 is 9.64 Å². The number of carbonyl (C=O) groups is 1. The molecule has 0 N–H and O–H groups in total. The molecule has 1 aromatic rings. The zero-order chi connectivity index (χ0) is 16.2. The third-order valence-electron chi connectivity index (χ3n) is 4.21. The SMILES string of the molecule is COC1CCN(C(=O)CSc2ccc(C(C)(C)C)cc2)CC1. The van der Waals surface area contributed by atoms with E-state index in [0.717, 1.165) is 30.8 Å². The van der Waals surface area contributed by atoms with Crippen molar-refractivity contribution in [3.63, 3.8) is 0 Å². The van der Waals surface area contributed by atoms with Crippen LogP contribution in [0.3, 0.4) is 0 Å². The second kappa shape index (κ2) is 7.51. The van der Waals surface area contributed by atoms with E-state index in [1.165, 1.54) is 5.56 Å². The zero-order valence-electron chi connectivity index (χ0n) is 14.1. The first-order chi connectivity index (χ1) is 10.4.